The smallest absolute Gasteiger partial charge is 0.406 e. The fraction of sp³-hybridized carbons (Fsp3) is 0.348. The number of hydrogen-bond acceptors (Lipinski definition) is 5. The predicted octanol–water partition coefficient (Wildman–Crippen LogP) is 4.40. The molecule has 1 unspecified atom stereocenters. The number of rotatable bonds is 7. The van der Waals surface area contributed by atoms with Crippen LogP contribution in [0.2, 0.25) is 0 Å². The number of amides is 1. The Kier molecular flexibility index (Phi) is 6.52. The lowest BCUT2D eigenvalue weighted by molar-refractivity contribution is -0.274. The molecule has 1 aromatic rings. The Morgan fingerprint density at radius 1 is 1.22 bits per heavy atom. The maximum absolute atomic E-state index is 13.1. The Bertz CT molecular complexity index is 951. The van der Waals surface area contributed by atoms with Gasteiger partial charge >= 0.3 is 6.36 Å². The van der Waals surface area contributed by atoms with E-state index in [0.717, 1.165) is 11.1 Å². The van der Waals surface area contributed by atoms with E-state index < -0.39 is 11.9 Å². The number of carbonyl (C=O) groups excluding carboxylic acids is 1. The molecule has 6 nitrogen and oxygen atoms in total. The SMILES string of the molecule is C=CC1=C(CN2CN(c3ccc(OC(F)(F)F)cc3)C(=O)C2(C)C)C=CN(OC)C1C=C. The number of anilines is 1. The first-order chi connectivity index (χ1) is 15.0. The second-order valence-corrected chi connectivity index (χ2v) is 7.90. The van der Waals surface area contributed by atoms with Gasteiger partial charge in [0.05, 0.1) is 25.4 Å². The first-order valence-electron chi connectivity index (χ1n) is 9.93. The highest BCUT2D eigenvalue weighted by Crippen LogP contribution is 2.34. The summed E-state index contributed by atoms with van der Waals surface area (Å²) in [6, 6.07) is 5.07. The average molecular weight is 449 g/mol. The fourth-order valence-corrected chi connectivity index (χ4v) is 3.84. The number of hydroxylamine groups is 2. The molecule has 0 radical (unpaired) electrons. The van der Waals surface area contributed by atoms with Crippen LogP contribution in [0.5, 0.6) is 5.75 Å². The number of alkyl halides is 3. The van der Waals surface area contributed by atoms with E-state index >= 15 is 0 Å². The molecule has 1 fully saturated rings. The van der Waals surface area contributed by atoms with Gasteiger partial charge in [-0.2, -0.15) is 0 Å². The van der Waals surface area contributed by atoms with E-state index in [9.17, 15) is 18.0 Å². The minimum absolute atomic E-state index is 0.152. The molecule has 1 amide bonds. The Hall–Kier alpha value is -3.04. The molecule has 1 aromatic carbocycles. The summed E-state index contributed by atoms with van der Waals surface area (Å²) in [5.74, 6) is -0.489. The van der Waals surface area contributed by atoms with Crippen LogP contribution >= 0.6 is 0 Å². The summed E-state index contributed by atoms with van der Waals surface area (Å²) in [5, 5.41) is 1.66. The van der Waals surface area contributed by atoms with Crippen LogP contribution in [0.15, 0.2) is 73.0 Å². The molecule has 0 N–H and O–H groups in total. The number of carbonyl (C=O) groups is 1. The summed E-state index contributed by atoms with van der Waals surface area (Å²) >= 11 is 0. The molecule has 1 saturated heterocycles. The number of benzene rings is 1. The van der Waals surface area contributed by atoms with Crippen LogP contribution in [0.3, 0.4) is 0 Å². The van der Waals surface area contributed by atoms with Gasteiger partial charge in [-0.05, 0) is 55.3 Å². The largest absolute Gasteiger partial charge is 0.573 e. The van der Waals surface area contributed by atoms with Crippen LogP contribution in [0.4, 0.5) is 18.9 Å². The van der Waals surface area contributed by atoms with Crippen LogP contribution in [-0.4, -0.2) is 54.1 Å². The minimum Gasteiger partial charge on any atom is -0.406 e. The number of nitrogens with zero attached hydrogens (tertiary/aromatic N) is 3. The van der Waals surface area contributed by atoms with Crippen LogP contribution < -0.4 is 9.64 Å². The molecule has 3 rings (SSSR count). The Morgan fingerprint density at radius 2 is 1.88 bits per heavy atom. The van der Waals surface area contributed by atoms with Crippen molar-refractivity contribution in [2.45, 2.75) is 31.8 Å². The van der Waals surface area contributed by atoms with E-state index in [2.05, 4.69) is 17.9 Å². The lowest BCUT2D eigenvalue weighted by Gasteiger charge is -2.34. The van der Waals surface area contributed by atoms with Crippen molar-refractivity contribution in [3.05, 3.63) is 73.0 Å². The molecule has 0 spiro atoms. The number of hydrogen-bond donors (Lipinski definition) is 0. The summed E-state index contributed by atoms with van der Waals surface area (Å²) in [7, 11) is 1.57. The van der Waals surface area contributed by atoms with Gasteiger partial charge < -0.3 is 4.74 Å². The van der Waals surface area contributed by atoms with Gasteiger partial charge in [-0.1, -0.05) is 18.7 Å². The van der Waals surface area contributed by atoms with E-state index in [1.54, 1.807) is 35.4 Å². The van der Waals surface area contributed by atoms with Crippen molar-refractivity contribution in [3.8, 4) is 5.75 Å². The summed E-state index contributed by atoms with van der Waals surface area (Å²) in [6.45, 7) is 12.2. The van der Waals surface area contributed by atoms with Gasteiger partial charge in [0.15, 0.2) is 0 Å². The van der Waals surface area contributed by atoms with Gasteiger partial charge in [-0.25, -0.2) is 0 Å². The lowest BCUT2D eigenvalue weighted by Crippen LogP contribution is -2.45. The summed E-state index contributed by atoms with van der Waals surface area (Å²) in [4.78, 5) is 22.0. The highest BCUT2D eigenvalue weighted by atomic mass is 19.4. The van der Waals surface area contributed by atoms with E-state index in [1.165, 1.54) is 24.3 Å². The van der Waals surface area contributed by atoms with Gasteiger partial charge in [-0.15, -0.1) is 19.8 Å². The third-order valence-corrected chi connectivity index (χ3v) is 5.65. The second-order valence-electron chi connectivity index (χ2n) is 7.90. The molecule has 9 heteroatoms. The van der Waals surface area contributed by atoms with Crippen molar-refractivity contribution >= 4 is 11.6 Å². The third kappa shape index (κ3) is 4.58. The van der Waals surface area contributed by atoms with Gasteiger partial charge in [0.2, 0.25) is 5.91 Å². The minimum atomic E-state index is -4.77. The molecule has 32 heavy (non-hydrogen) atoms. The van der Waals surface area contributed by atoms with Crippen molar-refractivity contribution < 1.29 is 27.5 Å². The van der Waals surface area contributed by atoms with E-state index in [-0.39, 0.29) is 24.4 Å². The van der Waals surface area contributed by atoms with Gasteiger partial charge in [-0.3, -0.25) is 24.5 Å². The van der Waals surface area contributed by atoms with E-state index in [1.807, 2.05) is 24.8 Å². The van der Waals surface area contributed by atoms with Gasteiger partial charge in [0.25, 0.3) is 0 Å². The monoisotopic (exact) mass is 449 g/mol. The molecule has 0 aromatic heterocycles. The highest BCUT2D eigenvalue weighted by Gasteiger charge is 2.46. The standard InChI is InChI=1S/C23H26F3N3O3/c1-6-19-16(12-13-29(31-5)20(19)7-2)14-27-15-28(21(30)22(27,3)4)17-8-10-18(11-9-17)32-23(24,25)26/h6-13,20H,1-2,14-15H2,3-5H3. The van der Waals surface area contributed by atoms with Crippen LogP contribution in [-0.2, 0) is 9.63 Å². The zero-order valence-electron chi connectivity index (χ0n) is 18.2. The quantitative estimate of drug-likeness (QED) is 0.578. The Morgan fingerprint density at radius 3 is 2.41 bits per heavy atom. The third-order valence-electron chi connectivity index (χ3n) is 5.65. The molecule has 0 bridgehead atoms. The van der Waals surface area contributed by atoms with Crippen LogP contribution in [0, 0.1) is 0 Å². The molecular weight excluding hydrogens is 423 g/mol. The average Bonchev–Trinajstić information content (AvgIpc) is 2.96. The predicted molar refractivity (Wildman–Crippen MR) is 115 cm³/mol. The summed E-state index contributed by atoms with van der Waals surface area (Å²) in [5.41, 5.74) is 1.55. The Labute approximate surface area is 185 Å². The Balaban J connectivity index is 1.83. The lowest BCUT2D eigenvalue weighted by atomic mass is 9.95. The van der Waals surface area contributed by atoms with Crippen molar-refractivity contribution in [1.29, 1.82) is 0 Å². The van der Waals surface area contributed by atoms with E-state index in [0.29, 0.717) is 12.2 Å². The van der Waals surface area contributed by atoms with Crippen molar-refractivity contribution in [2.75, 3.05) is 25.2 Å². The maximum atomic E-state index is 13.1. The molecule has 172 valence electrons. The van der Waals surface area contributed by atoms with E-state index in [4.69, 9.17) is 4.84 Å². The first-order valence-corrected chi connectivity index (χ1v) is 9.93. The highest BCUT2D eigenvalue weighted by molar-refractivity contribution is 6.01. The summed E-state index contributed by atoms with van der Waals surface area (Å²) < 4.78 is 41.2. The zero-order valence-corrected chi connectivity index (χ0v) is 18.2. The number of halogens is 3. The van der Waals surface area contributed by atoms with Crippen molar-refractivity contribution in [1.82, 2.24) is 9.96 Å². The van der Waals surface area contributed by atoms with Crippen LogP contribution in [0.25, 0.3) is 0 Å². The van der Waals surface area contributed by atoms with Crippen molar-refractivity contribution in [3.63, 3.8) is 0 Å². The topological polar surface area (TPSA) is 45.2 Å². The van der Waals surface area contributed by atoms with Gasteiger partial charge in [0.1, 0.15) is 5.75 Å². The molecule has 0 aliphatic carbocycles. The molecule has 0 saturated carbocycles. The normalized spacial score (nSPS) is 21.3. The maximum Gasteiger partial charge on any atom is 0.573 e. The van der Waals surface area contributed by atoms with Crippen LogP contribution in [0.1, 0.15) is 13.8 Å². The molecule has 2 heterocycles. The van der Waals surface area contributed by atoms with Gasteiger partial charge in [0, 0.05) is 18.4 Å². The molecule has 1 atom stereocenters. The molecule has 2 aliphatic heterocycles. The summed E-state index contributed by atoms with van der Waals surface area (Å²) in [6.07, 6.45) is 2.44. The zero-order chi connectivity index (χ0) is 23.7. The second kappa shape index (κ2) is 8.84. The first kappa shape index (κ1) is 23.6. The number of ether oxygens (including phenoxy) is 1. The molecular formula is C23H26F3N3O3. The molecule has 2 aliphatic rings. The van der Waals surface area contributed by atoms with Crippen molar-refractivity contribution in [2.24, 2.45) is 0 Å². The fourth-order valence-electron chi connectivity index (χ4n) is 3.84.